The van der Waals surface area contributed by atoms with Crippen LogP contribution in [0.15, 0.2) is 0 Å². The van der Waals surface area contributed by atoms with Crippen molar-refractivity contribution in [2.45, 2.75) is 51.0 Å². The fourth-order valence-corrected chi connectivity index (χ4v) is 2.72. The van der Waals surface area contributed by atoms with Gasteiger partial charge in [0.1, 0.15) is 0 Å². The van der Waals surface area contributed by atoms with Gasteiger partial charge in [-0.25, -0.2) is 0 Å². The molecule has 0 saturated heterocycles. The summed E-state index contributed by atoms with van der Waals surface area (Å²) in [4.78, 5) is 11.6. The van der Waals surface area contributed by atoms with E-state index in [9.17, 15) is 9.90 Å². The lowest BCUT2D eigenvalue weighted by Gasteiger charge is -2.35. The van der Waals surface area contributed by atoms with E-state index in [0.717, 1.165) is 38.0 Å². The average Bonchev–Trinajstić information content (AvgIpc) is 2.44. The number of carbonyl (C=O) groups excluding carboxylic acids is 1. The number of carbonyl (C=O) groups is 1. The molecular formula is C15H30N2O3. The van der Waals surface area contributed by atoms with Crippen LogP contribution in [-0.4, -0.2) is 50.0 Å². The second kappa shape index (κ2) is 9.32. The Kier molecular flexibility index (Phi) is 8.11. The Morgan fingerprint density at radius 3 is 2.70 bits per heavy atom. The van der Waals surface area contributed by atoms with Crippen LogP contribution in [0.3, 0.4) is 0 Å². The topological polar surface area (TPSA) is 70.6 Å². The third-order valence-corrected chi connectivity index (χ3v) is 4.20. The van der Waals surface area contributed by atoms with Crippen molar-refractivity contribution in [2.75, 3.05) is 33.4 Å². The van der Waals surface area contributed by atoms with E-state index in [-0.39, 0.29) is 12.5 Å². The molecule has 118 valence electrons. The summed E-state index contributed by atoms with van der Waals surface area (Å²) < 4.78 is 4.92. The van der Waals surface area contributed by atoms with E-state index in [4.69, 9.17) is 4.74 Å². The van der Waals surface area contributed by atoms with E-state index in [1.807, 2.05) is 0 Å². The van der Waals surface area contributed by atoms with Gasteiger partial charge >= 0.3 is 0 Å². The van der Waals surface area contributed by atoms with E-state index in [1.165, 1.54) is 6.42 Å². The lowest BCUT2D eigenvalue weighted by molar-refractivity contribution is -0.120. The quantitative estimate of drug-likeness (QED) is 0.554. The van der Waals surface area contributed by atoms with Crippen LogP contribution >= 0.6 is 0 Å². The maximum Gasteiger partial charge on any atom is 0.233 e. The van der Waals surface area contributed by atoms with Gasteiger partial charge in [-0.2, -0.15) is 0 Å². The standard InChI is InChI=1S/C15H30N2O3/c1-3-13-5-7-15(19,8-6-13)12-16-11-14(18)17-9-4-10-20-2/h13,16,19H,3-12H2,1-2H3,(H,17,18). The Morgan fingerprint density at radius 1 is 1.40 bits per heavy atom. The Bertz CT molecular complexity index is 276. The van der Waals surface area contributed by atoms with Crippen molar-refractivity contribution >= 4 is 5.91 Å². The number of rotatable bonds is 9. The van der Waals surface area contributed by atoms with Crippen molar-refractivity contribution < 1.29 is 14.6 Å². The van der Waals surface area contributed by atoms with Gasteiger partial charge in [-0.05, 0) is 38.0 Å². The van der Waals surface area contributed by atoms with Crippen molar-refractivity contribution in [3.8, 4) is 0 Å². The van der Waals surface area contributed by atoms with Gasteiger partial charge in [0.2, 0.25) is 5.91 Å². The molecule has 0 heterocycles. The molecule has 0 radical (unpaired) electrons. The van der Waals surface area contributed by atoms with Crippen LogP contribution in [0.4, 0.5) is 0 Å². The number of nitrogens with one attached hydrogen (secondary N) is 2. The van der Waals surface area contributed by atoms with Crippen LogP contribution in [-0.2, 0) is 9.53 Å². The average molecular weight is 286 g/mol. The monoisotopic (exact) mass is 286 g/mol. The molecule has 0 aromatic rings. The molecule has 0 aromatic carbocycles. The minimum Gasteiger partial charge on any atom is -0.389 e. The summed E-state index contributed by atoms with van der Waals surface area (Å²) in [7, 11) is 1.65. The summed E-state index contributed by atoms with van der Waals surface area (Å²) in [6.45, 7) is 4.28. The highest BCUT2D eigenvalue weighted by Crippen LogP contribution is 2.33. The third-order valence-electron chi connectivity index (χ3n) is 4.20. The first kappa shape index (κ1) is 17.4. The Hall–Kier alpha value is -0.650. The van der Waals surface area contributed by atoms with Crippen molar-refractivity contribution in [1.82, 2.24) is 10.6 Å². The molecule has 5 heteroatoms. The predicted octanol–water partition coefficient (Wildman–Crippen LogP) is 1.06. The maximum absolute atomic E-state index is 11.6. The van der Waals surface area contributed by atoms with Crippen LogP contribution in [0, 0.1) is 5.92 Å². The lowest BCUT2D eigenvalue weighted by Crippen LogP contribution is -2.46. The summed E-state index contributed by atoms with van der Waals surface area (Å²) in [5.74, 6) is 0.742. The molecule has 0 atom stereocenters. The molecule has 0 aliphatic heterocycles. The minimum atomic E-state index is -0.623. The molecule has 0 bridgehead atoms. The molecule has 1 aliphatic carbocycles. The van der Waals surface area contributed by atoms with Gasteiger partial charge < -0.3 is 20.5 Å². The summed E-state index contributed by atoms with van der Waals surface area (Å²) in [5.41, 5.74) is -0.623. The summed E-state index contributed by atoms with van der Waals surface area (Å²) in [5, 5.41) is 16.3. The first-order valence-corrected chi connectivity index (χ1v) is 7.78. The van der Waals surface area contributed by atoms with Crippen LogP contribution in [0.5, 0.6) is 0 Å². The van der Waals surface area contributed by atoms with Gasteiger partial charge in [-0.1, -0.05) is 13.3 Å². The molecule has 0 unspecified atom stereocenters. The van der Waals surface area contributed by atoms with Crippen LogP contribution in [0.2, 0.25) is 0 Å². The van der Waals surface area contributed by atoms with Crippen LogP contribution < -0.4 is 10.6 Å². The molecule has 1 aliphatic rings. The molecule has 1 saturated carbocycles. The summed E-state index contributed by atoms with van der Waals surface area (Å²) in [6.07, 6.45) is 5.90. The van der Waals surface area contributed by atoms with Crippen LogP contribution in [0.1, 0.15) is 45.4 Å². The minimum absolute atomic E-state index is 0.0213. The molecule has 1 rings (SSSR count). The normalized spacial score (nSPS) is 26.4. The number of aliphatic hydroxyl groups is 1. The highest BCUT2D eigenvalue weighted by Gasteiger charge is 2.32. The Labute approximate surface area is 122 Å². The number of hydrogen-bond donors (Lipinski definition) is 3. The van der Waals surface area contributed by atoms with E-state index in [0.29, 0.717) is 19.7 Å². The van der Waals surface area contributed by atoms with Gasteiger partial charge in [0.05, 0.1) is 12.1 Å². The molecule has 0 aromatic heterocycles. The van der Waals surface area contributed by atoms with Crippen LogP contribution in [0.25, 0.3) is 0 Å². The third kappa shape index (κ3) is 6.68. The Balaban J connectivity index is 2.09. The van der Waals surface area contributed by atoms with E-state index in [1.54, 1.807) is 7.11 Å². The fraction of sp³-hybridized carbons (Fsp3) is 0.933. The van der Waals surface area contributed by atoms with E-state index >= 15 is 0 Å². The maximum atomic E-state index is 11.6. The first-order valence-electron chi connectivity index (χ1n) is 7.78. The van der Waals surface area contributed by atoms with Gasteiger partial charge in [-0.3, -0.25) is 4.79 Å². The number of ether oxygens (including phenoxy) is 1. The molecule has 1 fully saturated rings. The Morgan fingerprint density at radius 2 is 2.10 bits per heavy atom. The van der Waals surface area contributed by atoms with Gasteiger partial charge in [0.25, 0.3) is 0 Å². The van der Waals surface area contributed by atoms with Gasteiger partial charge in [-0.15, -0.1) is 0 Å². The zero-order chi connectivity index (χ0) is 14.8. The lowest BCUT2D eigenvalue weighted by atomic mass is 9.78. The summed E-state index contributed by atoms with van der Waals surface area (Å²) >= 11 is 0. The summed E-state index contributed by atoms with van der Waals surface area (Å²) in [6, 6.07) is 0. The molecular weight excluding hydrogens is 256 g/mol. The zero-order valence-electron chi connectivity index (χ0n) is 12.9. The van der Waals surface area contributed by atoms with Crippen molar-refractivity contribution in [1.29, 1.82) is 0 Å². The second-order valence-corrected chi connectivity index (χ2v) is 5.88. The molecule has 20 heavy (non-hydrogen) atoms. The van der Waals surface area contributed by atoms with Crippen molar-refractivity contribution in [3.63, 3.8) is 0 Å². The molecule has 5 nitrogen and oxygen atoms in total. The molecule has 3 N–H and O–H groups in total. The number of hydrogen-bond acceptors (Lipinski definition) is 4. The second-order valence-electron chi connectivity index (χ2n) is 5.88. The zero-order valence-corrected chi connectivity index (χ0v) is 12.9. The van der Waals surface area contributed by atoms with Crippen molar-refractivity contribution in [3.05, 3.63) is 0 Å². The smallest absolute Gasteiger partial charge is 0.233 e. The predicted molar refractivity (Wildman–Crippen MR) is 79.6 cm³/mol. The largest absolute Gasteiger partial charge is 0.389 e. The number of amides is 1. The van der Waals surface area contributed by atoms with E-state index in [2.05, 4.69) is 17.6 Å². The molecule has 1 amide bonds. The molecule has 0 spiro atoms. The van der Waals surface area contributed by atoms with Crippen molar-refractivity contribution in [2.24, 2.45) is 5.92 Å². The fourth-order valence-electron chi connectivity index (χ4n) is 2.72. The first-order chi connectivity index (χ1) is 9.59. The number of methoxy groups -OCH3 is 1. The SMILES string of the molecule is CCC1CCC(O)(CNCC(=O)NCCCOC)CC1. The highest BCUT2D eigenvalue weighted by molar-refractivity contribution is 5.77. The van der Waals surface area contributed by atoms with Gasteiger partial charge in [0, 0.05) is 26.8 Å². The van der Waals surface area contributed by atoms with E-state index < -0.39 is 5.60 Å². The van der Waals surface area contributed by atoms with Gasteiger partial charge in [0.15, 0.2) is 0 Å². The highest BCUT2D eigenvalue weighted by atomic mass is 16.5.